The van der Waals surface area contributed by atoms with Gasteiger partial charge in [-0.3, -0.25) is 0 Å². The molecule has 2 rings (SSSR count). The molecular weight excluding hydrogens is 220 g/mol. The molecule has 2 heteroatoms. The van der Waals surface area contributed by atoms with E-state index < -0.39 is 0 Å². The Morgan fingerprint density at radius 2 is 2.11 bits per heavy atom. The van der Waals surface area contributed by atoms with Gasteiger partial charge in [0.25, 0.3) is 0 Å². The van der Waals surface area contributed by atoms with Crippen LogP contribution in [-0.4, -0.2) is 25.0 Å². The van der Waals surface area contributed by atoms with Gasteiger partial charge in [-0.05, 0) is 50.6 Å². The Bertz CT molecular complexity index is 373. The Hall–Kier alpha value is -1.02. The molecule has 2 atom stereocenters. The van der Waals surface area contributed by atoms with Gasteiger partial charge in [0, 0.05) is 18.3 Å². The van der Waals surface area contributed by atoms with Crippen LogP contribution < -0.4 is 5.32 Å². The number of nitrogens with one attached hydrogen (secondary N) is 1. The third-order valence-corrected chi connectivity index (χ3v) is 3.73. The number of anilines is 1. The summed E-state index contributed by atoms with van der Waals surface area (Å²) in [5.41, 5.74) is 2.67. The zero-order valence-electron chi connectivity index (χ0n) is 11.9. The van der Waals surface area contributed by atoms with Crippen molar-refractivity contribution in [2.24, 2.45) is 5.92 Å². The fourth-order valence-electron chi connectivity index (χ4n) is 2.93. The lowest BCUT2D eigenvalue weighted by molar-refractivity contribution is 0.358. The van der Waals surface area contributed by atoms with Gasteiger partial charge in [0.1, 0.15) is 0 Å². The topological polar surface area (TPSA) is 15.3 Å². The van der Waals surface area contributed by atoms with Crippen molar-refractivity contribution < 1.29 is 0 Å². The standard InChI is InChI=1S/C16H26N2/c1-13-6-4-8-15(10-13)17-16-9-5-7-14(11-16)12-18(2)3/h5,7,9,11,13,15,17H,4,6,8,10,12H2,1-3H3. The Morgan fingerprint density at radius 1 is 1.28 bits per heavy atom. The van der Waals surface area contributed by atoms with E-state index in [4.69, 9.17) is 0 Å². The van der Waals surface area contributed by atoms with Gasteiger partial charge in [0.15, 0.2) is 0 Å². The smallest absolute Gasteiger partial charge is 0.0345 e. The third kappa shape index (κ3) is 4.02. The number of hydrogen-bond donors (Lipinski definition) is 1. The summed E-state index contributed by atoms with van der Waals surface area (Å²) in [6.45, 7) is 3.38. The number of hydrogen-bond acceptors (Lipinski definition) is 2. The maximum absolute atomic E-state index is 3.71. The van der Waals surface area contributed by atoms with Crippen LogP contribution in [0.15, 0.2) is 24.3 Å². The van der Waals surface area contributed by atoms with E-state index in [1.54, 1.807) is 0 Å². The highest BCUT2D eigenvalue weighted by atomic mass is 15.0. The molecule has 18 heavy (non-hydrogen) atoms. The van der Waals surface area contributed by atoms with E-state index in [1.807, 2.05) is 0 Å². The second-order valence-corrected chi connectivity index (χ2v) is 6.05. The van der Waals surface area contributed by atoms with Crippen molar-refractivity contribution in [1.29, 1.82) is 0 Å². The molecule has 0 spiro atoms. The molecule has 1 aromatic rings. The summed E-state index contributed by atoms with van der Waals surface area (Å²) in [7, 11) is 4.23. The molecule has 0 heterocycles. The van der Waals surface area contributed by atoms with Crippen LogP contribution in [0.1, 0.15) is 38.2 Å². The second-order valence-electron chi connectivity index (χ2n) is 6.05. The first kappa shape index (κ1) is 13.4. The lowest BCUT2D eigenvalue weighted by atomic mass is 9.87. The predicted molar refractivity (Wildman–Crippen MR) is 78.9 cm³/mol. The normalized spacial score (nSPS) is 24.2. The van der Waals surface area contributed by atoms with Crippen molar-refractivity contribution in [3.05, 3.63) is 29.8 Å². The van der Waals surface area contributed by atoms with Crippen molar-refractivity contribution in [3.8, 4) is 0 Å². The van der Waals surface area contributed by atoms with Crippen LogP contribution >= 0.6 is 0 Å². The Balaban J connectivity index is 1.96. The summed E-state index contributed by atoms with van der Waals surface area (Å²) in [6.07, 6.45) is 5.41. The molecule has 1 fully saturated rings. The minimum absolute atomic E-state index is 0.670. The summed E-state index contributed by atoms with van der Waals surface area (Å²) in [5.74, 6) is 0.876. The van der Waals surface area contributed by atoms with Gasteiger partial charge in [0.2, 0.25) is 0 Å². The van der Waals surface area contributed by atoms with Crippen LogP contribution in [0.4, 0.5) is 5.69 Å². The molecule has 1 saturated carbocycles. The van der Waals surface area contributed by atoms with Gasteiger partial charge in [-0.2, -0.15) is 0 Å². The quantitative estimate of drug-likeness (QED) is 0.870. The molecule has 1 N–H and O–H groups in total. The lowest BCUT2D eigenvalue weighted by Gasteiger charge is -2.28. The molecule has 1 aromatic carbocycles. The van der Waals surface area contributed by atoms with E-state index in [0.717, 1.165) is 12.5 Å². The molecule has 0 radical (unpaired) electrons. The fourth-order valence-corrected chi connectivity index (χ4v) is 2.93. The summed E-state index contributed by atoms with van der Waals surface area (Å²) in [4.78, 5) is 2.21. The Morgan fingerprint density at radius 3 is 2.83 bits per heavy atom. The fraction of sp³-hybridized carbons (Fsp3) is 0.625. The first-order valence-electron chi connectivity index (χ1n) is 7.13. The van der Waals surface area contributed by atoms with E-state index in [-0.39, 0.29) is 0 Å². The van der Waals surface area contributed by atoms with E-state index in [1.165, 1.54) is 36.9 Å². The summed E-state index contributed by atoms with van der Waals surface area (Å²) < 4.78 is 0. The van der Waals surface area contributed by atoms with Crippen LogP contribution in [0.3, 0.4) is 0 Å². The van der Waals surface area contributed by atoms with Crippen LogP contribution in [0.25, 0.3) is 0 Å². The molecule has 2 unspecified atom stereocenters. The molecule has 0 aliphatic heterocycles. The largest absolute Gasteiger partial charge is 0.382 e. The minimum atomic E-state index is 0.670. The Kier molecular flexibility index (Phi) is 4.65. The Labute approximate surface area is 111 Å². The average molecular weight is 246 g/mol. The molecule has 0 amide bonds. The highest BCUT2D eigenvalue weighted by molar-refractivity contribution is 5.46. The zero-order valence-corrected chi connectivity index (χ0v) is 11.9. The SMILES string of the molecule is CC1CCCC(Nc2cccc(CN(C)C)c2)C1. The molecular formula is C16H26N2. The van der Waals surface area contributed by atoms with Crippen molar-refractivity contribution in [3.63, 3.8) is 0 Å². The van der Waals surface area contributed by atoms with Crippen molar-refractivity contribution in [2.75, 3.05) is 19.4 Å². The molecule has 0 aromatic heterocycles. The van der Waals surface area contributed by atoms with Crippen LogP contribution in [0.2, 0.25) is 0 Å². The van der Waals surface area contributed by atoms with E-state index in [9.17, 15) is 0 Å². The highest BCUT2D eigenvalue weighted by Gasteiger charge is 2.18. The van der Waals surface area contributed by atoms with Gasteiger partial charge in [0.05, 0.1) is 0 Å². The number of nitrogens with zero attached hydrogens (tertiary/aromatic N) is 1. The van der Waals surface area contributed by atoms with Gasteiger partial charge in [-0.15, -0.1) is 0 Å². The van der Waals surface area contributed by atoms with Crippen LogP contribution in [0.5, 0.6) is 0 Å². The molecule has 1 aliphatic carbocycles. The summed E-state index contributed by atoms with van der Waals surface area (Å²) in [6, 6.07) is 9.52. The van der Waals surface area contributed by atoms with Gasteiger partial charge >= 0.3 is 0 Å². The molecule has 1 aliphatic rings. The predicted octanol–water partition coefficient (Wildman–Crippen LogP) is 3.74. The average Bonchev–Trinajstić information content (AvgIpc) is 2.28. The number of benzene rings is 1. The van der Waals surface area contributed by atoms with Crippen molar-refractivity contribution >= 4 is 5.69 Å². The first-order valence-corrected chi connectivity index (χ1v) is 7.13. The van der Waals surface area contributed by atoms with Crippen LogP contribution in [0, 0.1) is 5.92 Å². The van der Waals surface area contributed by atoms with E-state index in [2.05, 4.69) is 55.5 Å². The second kappa shape index (κ2) is 6.24. The van der Waals surface area contributed by atoms with Gasteiger partial charge < -0.3 is 10.2 Å². The third-order valence-electron chi connectivity index (χ3n) is 3.73. The maximum atomic E-state index is 3.71. The molecule has 0 bridgehead atoms. The zero-order chi connectivity index (χ0) is 13.0. The first-order chi connectivity index (χ1) is 8.63. The lowest BCUT2D eigenvalue weighted by Crippen LogP contribution is -2.26. The number of rotatable bonds is 4. The summed E-state index contributed by atoms with van der Waals surface area (Å²) in [5, 5.41) is 3.71. The van der Waals surface area contributed by atoms with Crippen molar-refractivity contribution in [2.45, 2.75) is 45.2 Å². The minimum Gasteiger partial charge on any atom is -0.382 e. The van der Waals surface area contributed by atoms with E-state index in [0.29, 0.717) is 6.04 Å². The maximum Gasteiger partial charge on any atom is 0.0345 e. The monoisotopic (exact) mass is 246 g/mol. The van der Waals surface area contributed by atoms with Crippen molar-refractivity contribution in [1.82, 2.24) is 4.90 Å². The van der Waals surface area contributed by atoms with Gasteiger partial charge in [-0.25, -0.2) is 0 Å². The molecule has 0 saturated heterocycles. The molecule has 2 nitrogen and oxygen atoms in total. The summed E-state index contributed by atoms with van der Waals surface area (Å²) >= 11 is 0. The highest BCUT2D eigenvalue weighted by Crippen LogP contribution is 2.26. The molecule has 100 valence electrons. The van der Waals surface area contributed by atoms with Crippen LogP contribution in [-0.2, 0) is 6.54 Å². The van der Waals surface area contributed by atoms with E-state index >= 15 is 0 Å². The van der Waals surface area contributed by atoms with Gasteiger partial charge in [-0.1, -0.05) is 31.9 Å².